The van der Waals surface area contributed by atoms with Crippen LogP contribution in [0.3, 0.4) is 0 Å². The van der Waals surface area contributed by atoms with Gasteiger partial charge in [-0.1, -0.05) is 11.3 Å². The van der Waals surface area contributed by atoms with Crippen molar-refractivity contribution in [2.45, 2.75) is 24.7 Å². The van der Waals surface area contributed by atoms with Crippen molar-refractivity contribution in [3.8, 4) is 0 Å². The number of nitrogens with zero attached hydrogens (tertiary/aromatic N) is 1. The highest BCUT2D eigenvalue weighted by Crippen LogP contribution is 2.13. The zero-order valence-corrected chi connectivity index (χ0v) is 14.2. The first-order valence-electron chi connectivity index (χ1n) is 7.36. The maximum absolute atomic E-state index is 5.60. The van der Waals surface area contributed by atoms with Crippen LogP contribution in [-0.4, -0.2) is 74.1 Å². The summed E-state index contributed by atoms with van der Waals surface area (Å²) in [4.78, 5) is 11.2. The SMILES string of the molecule is COC(=C[SiH2]CCCN(OCC1CO1)OCC1CO1)OC. The second-order valence-corrected chi connectivity index (χ2v) is 6.68. The van der Waals surface area contributed by atoms with E-state index >= 15 is 0 Å². The van der Waals surface area contributed by atoms with Gasteiger partial charge in [-0.2, -0.15) is 0 Å². The predicted molar refractivity (Wildman–Crippen MR) is 78.2 cm³/mol. The maximum atomic E-state index is 5.60. The average Bonchev–Trinajstić information content (AvgIpc) is 3.39. The molecular weight excluding hydrogens is 294 g/mol. The van der Waals surface area contributed by atoms with Crippen LogP contribution in [0, 0.1) is 0 Å². The first-order valence-corrected chi connectivity index (χ1v) is 9.18. The van der Waals surface area contributed by atoms with Crippen LogP contribution in [0.2, 0.25) is 6.04 Å². The average molecular weight is 319 g/mol. The van der Waals surface area contributed by atoms with Gasteiger partial charge in [-0.15, -0.1) is 0 Å². The van der Waals surface area contributed by atoms with Crippen LogP contribution in [0.15, 0.2) is 11.6 Å². The molecule has 0 aromatic rings. The van der Waals surface area contributed by atoms with Crippen LogP contribution >= 0.6 is 0 Å². The number of hydrogen-bond acceptors (Lipinski definition) is 7. The molecule has 0 aromatic heterocycles. The molecule has 2 rings (SSSR count). The van der Waals surface area contributed by atoms with Crippen molar-refractivity contribution >= 4 is 9.52 Å². The molecule has 0 radical (unpaired) electrons. The number of hydroxylamine groups is 2. The summed E-state index contributed by atoms with van der Waals surface area (Å²) in [5, 5.41) is 1.58. The molecule has 2 unspecified atom stereocenters. The minimum absolute atomic E-state index is 0.233. The van der Waals surface area contributed by atoms with Crippen molar-refractivity contribution in [1.82, 2.24) is 5.23 Å². The lowest BCUT2D eigenvalue weighted by atomic mass is 10.5. The summed E-state index contributed by atoms with van der Waals surface area (Å²) < 4.78 is 20.4. The van der Waals surface area contributed by atoms with Gasteiger partial charge in [0, 0.05) is 0 Å². The molecule has 2 aliphatic rings. The van der Waals surface area contributed by atoms with Crippen molar-refractivity contribution in [3.05, 3.63) is 11.6 Å². The Morgan fingerprint density at radius 1 is 1.14 bits per heavy atom. The fraction of sp³-hybridized carbons (Fsp3) is 0.846. The van der Waals surface area contributed by atoms with E-state index < -0.39 is 0 Å². The minimum atomic E-state index is -0.335. The standard InChI is InChI=1S/C13H25NO6Si/c1-15-13(16-2)10-21-5-3-4-14(19-8-11-6-17-11)20-9-12-7-18-12/h10-12H,3-9,21H2,1-2H3. The van der Waals surface area contributed by atoms with Crippen molar-refractivity contribution < 1.29 is 28.6 Å². The van der Waals surface area contributed by atoms with E-state index in [1.165, 1.54) is 0 Å². The Morgan fingerprint density at radius 3 is 2.19 bits per heavy atom. The molecule has 0 spiro atoms. The Bertz CT molecular complexity index is 300. The Morgan fingerprint density at radius 2 is 1.71 bits per heavy atom. The normalized spacial score (nSPS) is 23.6. The molecule has 2 saturated heterocycles. The smallest absolute Gasteiger partial charge is 0.269 e. The van der Waals surface area contributed by atoms with Gasteiger partial charge in [-0.3, -0.25) is 9.68 Å². The van der Waals surface area contributed by atoms with Crippen LogP contribution in [0.5, 0.6) is 0 Å². The highest BCUT2D eigenvalue weighted by molar-refractivity contribution is 6.42. The van der Waals surface area contributed by atoms with Gasteiger partial charge in [0.2, 0.25) is 0 Å². The molecule has 122 valence electrons. The summed E-state index contributed by atoms with van der Waals surface area (Å²) in [5.41, 5.74) is 2.07. The van der Waals surface area contributed by atoms with E-state index in [0.717, 1.165) is 32.2 Å². The third-order valence-corrected chi connectivity index (χ3v) is 4.65. The van der Waals surface area contributed by atoms with E-state index in [1.54, 1.807) is 19.4 Å². The topological polar surface area (TPSA) is 65.2 Å². The summed E-state index contributed by atoms with van der Waals surface area (Å²) in [6.07, 6.45) is 1.48. The lowest BCUT2D eigenvalue weighted by Gasteiger charge is -2.20. The molecule has 0 saturated carbocycles. The lowest BCUT2D eigenvalue weighted by Crippen LogP contribution is -2.29. The van der Waals surface area contributed by atoms with Crippen LogP contribution < -0.4 is 0 Å². The van der Waals surface area contributed by atoms with Gasteiger partial charge < -0.3 is 18.9 Å². The molecule has 0 amide bonds. The lowest BCUT2D eigenvalue weighted by molar-refractivity contribution is -0.369. The highest BCUT2D eigenvalue weighted by atomic mass is 28.2. The van der Waals surface area contributed by atoms with Crippen molar-refractivity contribution in [2.24, 2.45) is 0 Å². The second-order valence-electron chi connectivity index (χ2n) is 4.99. The molecule has 0 aromatic carbocycles. The zero-order valence-electron chi connectivity index (χ0n) is 12.8. The fourth-order valence-electron chi connectivity index (χ4n) is 1.68. The Kier molecular flexibility index (Phi) is 7.48. The summed E-state index contributed by atoms with van der Waals surface area (Å²) in [5.74, 6) is 0.614. The van der Waals surface area contributed by atoms with Crippen molar-refractivity contribution in [3.63, 3.8) is 0 Å². The minimum Gasteiger partial charge on any atom is -0.469 e. The molecular formula is C13H25NO6Si. The zero-order chi connectivity index (χ0) is 14.9. The summed E-state index contributed by atoms with van der Waals surface area (Å²) in [7, 11) is 2.90. The van der Waals surface area contributed by atoms with E-state index in [2.05, 4.69) is 5.70 Å². The first-order chi connectivity index (χ1) is 10.3. The van der Waals surface area contributed by atoms with Gasteiger partial charge in [0.25, 0.3) is 5.95 Å². The van der Waals surface area contributed by atoms with E-state index in [1.807, 2.05) is 0 Å². The van der Waals surface area contributed by atoms with Gasteiger partial charge in [0.15, 0.2) is 0 Å². The number of rotatable bonds is 13. The van der Waals surface area contributed by atoms with Gasteiger partial charge in [0.05, 0.1) is 56.7 Å². The number of methoxy groups -OCH3 is 2. The predicted octanol–water partition coefficient (Wildman–Crippen LogP) is 0.0181. The van der Waals surface area contributed by atoms with Crippen LogP contribution in [0.1, 0.15) is 6.42 Å². The Hall–Kier alpha value is -0.643. The first kappa shape index (κ1) is 16.7. The Balaban J connectivity index is 1.56. The number of epoxide rings is 2. The fourth-order valence-corrected chi connectivity index (χ4v) is 2.97. The molecule has 21 heavy (non-hydrogen) atoms. The van der Waals surface area contributed by atoms with Crippen LogP contribution in [0.4, 0.5) is 0 Å². The van der Waals surface area contributed by atoms with Gasteiger partial charge in [-0.25, -0.2) is 0 Å². The Labute approximate surface area is 127 Å². The molecule has 2 atom stereocenters. The summed E-state index contributed by atoms with van der Waals surface area (Å²) in [6, 6.07) is 1.14. The molecule has 2 heterocycles. The second kappa shape index (κ2) is 9.39. The quantitative estimate of drug-likeness (QED) is 0.156. The molecule has 2 aliphatic heterocycles. The van der Waals surface area contributed by atoms with E-state index in [9.17, 15) is 0 Å². The van der Waals surface area contributed by atoms with Gasteiger partial charge in [0.1, 0.15) is 12.2 Å². The van der Waals surface area contributed by atoms with Crippen LogP contribution in [-0.2, 0) is 28.6 Å². The molecule has 7 nitrogen and oxygen atoms in total. The van der Waals surface area contributed by atoms with Crippen LogP contribution in [0.25, 0.3) is 0 Å². The largest absolute Gasteiger partial charge is 0.469 e. The van der Waals surface area contributed by atoms with Crippen molar-refractivity contribution in [1.29, 1.82) is 0 Å². The van der Waals surface area contributed by atoms with Gasteiger partial charge >= 0.3 is 0 Å². The summed E-state index contributed by atoms with van der Waals surface area (Å²) in [6.45, 7) is 3.43. The van der Waals surface area contributed by atoms with Gasteiger partial charge in [-0.05, 0) is 12.1 Å². The molecule has 0 aliphatic carbocycles. The van der Waals surface area contributed by atoms with E-state index in [0.29, 0.717) is 19.2 Å². The third kappa shape index (κ3) is 7.79. The highest BCUT2D eigenvalue weighted by Gasteiger charge is 2.26. The number of hydrogen-bond donors (Lipinski definition) is 0. The molecule has 8 heteroatoms. The monoisotopic (exact) mass is 319 g/mol. The number of ether oxygens (including phenoxy) is 4. The third-order valence-electron chi connectivity index (χ3n) is 3.12. The van der Waals surface area contributed by atoms with E-state index in [4.69, 9.17) is 28.6 Å². The summed E-state index contributed by atoms with van der Waals surface area (Å²) >= 11 is 0. The molecule has 2 fully saturated rings. The maximum Gasteiger partial charge on any atom is 0.269 e. The van der Waals surface area contributed by atoms with Crippen molar-refractivity contribution in [2.75, 3.05) is 47.2 Å². The molecule has 0 bridgehead atoms. The van der Waals surface area contributed by atoms with E-state index in [-0.39, 0.29) is 21.7 Å². The molecule has 0 N–H and O–H groups in total.